The summed E-state index contributed by atoms with van der Waals surface area (Å²) in [7, 11) is -1.44. The first-order chi connectivity index (χ1) is 16.2. The first-order valence-electron chi connectivity index (χ1n) is 11.1. The van der Waals surface area contributed by atoms with Gasteiger partial charge in [-0.05, 0) is 12.0 Å². The molecule has 190 valence electrons. The van der Waals surface area contributed by atoms with Crippen LogP contribution in [0, 0.1) is 0 Å². The summed E-state index contributed by atoms with van der Waals surface area (Å²) in [6, 6.07) is 8.13. The van der Waals surface area contributed by atoms with Crippen LogP contribution in [-0.4, -0.2) is 43.2 Å². The summed E-state index contributed by atoms with van der Waals surface area (Å²) in [5.41, 5.74) is 0.854. The molecule has 1 aromatic heterocycles. The number of aryl methyl sites for hydroxylation is 1. The van der Waals surface area contributed by atoms with Gasteiger partial charge in [-0.15, -0.1) is 0 Å². The lowest BCUT2D eigenvalue weighted by Crippen LogP contribution is -2.48. The smallest absolute Gasteiger partial charge is 0.364 e. The third kappa shape index (κ3) is 12.5. The Bertz CT molecular complexity index is 960. The van der Waals surface area contributed by atoms with E-state index in [1.807, 2.05) is 30.3 Å². The zero-order valence-electron chi connectivity index (χ0n) is 19.9. The fourth-order valence-electron chi connectivity index (χ4n) is 2.92. The van der Waals surface area contributed by atoms with Gasteiger partial charge in [0.05, 0.1) is 20.8 Å². The van der Waals surface area contributed by atoms with Crippen LogP contribution >= 0.6 is 0 Å². The van der Waals surface area contributed by atoms with Crippen molar-refractivity contribution in [1.29, 1.82) is 0 Å². The van der Waals surface area contributed by atoms with Gasteiger partial charge in [-0.25, -0.2) is 27.1 Å². The number of hydrogen-bond donors (Lipinski definition) is 0. The molecule has 0 spiro atoms. The quantitative estimate of drug-likeness (QED) is 0.103. The van der Waals surface area contributed by atoms with Crippen LogP contribution in [0.15, 0.2) is 49.1 Å². The molecule has 0 aliphatic rings. The molecule has 2 aromatic rings. The van der Waals surface area contributed by atoms with Crippen molar-refractivity contribution in [2.45, 2.75) is 58.1 Å². The van der Waals surface area contributed by atoms with Crippen LogP contribution in [0.5, 0.6) is 0 Å². The largest absolute Gasteiger partial charge is 0.726 e. The molecule has 0 saturated heterocycles. The molecule has 10 nitrogen and oxygen atoms in total. The molecule has 0 amide bonds. The highest BCUT2D eigenvalue weighted by Crippen LogP contribution is 2.07. The molecule has 0 aliphatic heterocycles. The zero-order valence-corrected chi connectivity index (χ0v) is 20.7. The Hall–Kier alpha value is -2.76. The first-order valence-corrected chi connectivity index (χ1v) is 12.4. The van der Waals surface area contributed by atoms with Gasteiger partial charge in [0.1, 0.15) is 19.0 Å². The van der Waals surface area contributed by atoms with Gasteiger partial charge in [0.15, 0.2) is 0 Å². The predicted molar refractivity (Wildman–Crippen MR) is 122 cm³/mol. The van der Waals surface area contributed by atoms with Crippen LogP contribution < -0.4 is 4.57 Å². The lowest BCUT2D eigenvalue weighted by Gasteiger charge is -2.11. The maximum absolute atomic E-state index is 12.2. The van der Waals surface area contributed by atoms with E-state index in [-0.39, 0.29) is 13.2 Å². The summed E-state index contributed by atoms with van der Waals surface area (Å²) in [4.78, 5) is 24.0. The molecule has 11 heteroatoms. The van der Waals surface area contributed by atoms with Crippen molar-refractivity contribution in [3.05, 3.63) is 54.6 Å². The highest BCUT2D eigenvalue weighted by molar-refractivity contribution is 7.80. The second-order valence-corrected chi connectivity index (χ2v) is 8.60. The summed E-state index contributed by atoms with van der Waals surface area (Å²) < 4.78 is 47.1. The standard InChI is InChI=1S/C15H17N2O4.C8H18O4S/c1-16-8-9-17(11-16)13(14(18)20-2)15(19)21-10-12-6-4-3-5-7-12;1-2-3-4-5-6-7-8-12-13(9,10)11/h3-9,11,13H,10H2,1-2H3;2-8H2,1H3,(H,9,10,11)/q+1;/p-1. The van der Waals surface area contributed by atoms with Crippen LogP contribution in [0.4, 0.5) is 0 Å². The average molecular weight is 499 g/mol. The van der Waals surface area contributed by atoms with Crippen LogP contribution in [0.2, 0.25) is 0 Å². The third-order valence-electron chi connectivity index (χ3n) is 4.68. The lowest BCUT2D eigenvalue weighted by molar-refractivity contribution is -0.698. The normalized spacial score (nSPS) is 11.8. The number of ether oxygens (including phenoxy) is 2. The van der Waals surface area contributed by atoms with Crippen LogP contribution in [0.3, 0.4) is 0 Å². The number of carbonyl (C=O) groups is 2. The Kier molecular flexibility index (Phi) is 13.7. The van der Waals surface area contributed by atoms with Crippen molar-refractivity contribution in [3.63, 3.8) is 0 Å². The van der Waals surface area contributed by atoms with Gasteiger partial charge in [-0.3, -0.25) is 4.18 Å². The number of hydrogen-bond acceptors (Lipinski definition) is 8. The van der Waals surface area contributed by atoms with E-state index in [0.29, 0.717) is 6.42 Å². The minimum absolute atomic E-state index is 0.0258. The topological polar surface area (TPSA) is 128 Å². The fraction of sp³-hybridized carbons (Fsp3) is 0.522. The summed E-state index contributed by atoms with van der Waals surface area (Å²) >= 11 is 0. The zero-order chi connectivity index (χ0) is 25.4. The highest BCUT2D eigenvalue weighted by Gasteiger charge is 2.35. The Morgan fingerprint density at radius 2 is 1.71 bits per heavy atom. The van der Waals surface area contributed by atoms with Crippen LogP contribution in [0.25, 0.3) is 0 Å². The number of methoxy groups -OCH3 is 1. The number of rotatable bonds is 13. The van der Waals surface area contributed by atoms with Gasteiger partial charge >= 0.3 is 11.9 Å². The highest BCUT2D eigenvalue weighted by atomic mass is 32.3. The number of benzene rings is 1. The van der Waals surface area contributed by atoms with Crippen molar-refractivity contribution in [1.82, 2.24) is 4.57 Å². The van der Waals surface area contributed by atoms with Crippen molar-refractivity contribution < 1.29 is 40.8 Å². The van der Waals surface area contributed by atoms with Crippen LogP contribution in [0.1, 0.15) is 57.1 Å². The van der Waals surface area contributed by atoms with Gasteiger partial charge in [0, 0.05) is 0 Å². The molecular weight excluding hydrogens is 464 g/mol. The minimum Gasteiger partial charge on any atom is -0.726 e. The molecule has 0 fully saturated rings. The number of esters is 2. The van der Waals surface area contributed by atoms with Gasteiger partial charge in [-0.2, -0.15) is 0 Å². The second kappa shape index (κ2) is 16.0. The molecule has 1 unspecified atom stereocenters. The Morgan fingerprint density at radius 3 is 2.26 bits per heavy atom. The Labute approximate surface area is 201 Å². The summed E-state index contributed by atoms with van der Waals surface area (Å²) in [5, 5.41) is 0. The first kappa shape index (κ1) is 29.3. The number of aromatic nitrogens is 2. The second-order valence-electron chi connectivity index (χ2n) is 7.54. The van der Waals surface area contributed by atoms with E-state index < -0.39 is 28.4 Å². The van der Waals surface area contributed by atoms with Gasteiger partial charge in [-0.1, -0.05) is 69.4 Å². The molecule has 1 aromatic carbocycles. The molecule has 0 bridgehead atoms. The molecule has 0 N–H and O–H groups in total. The predicted octanol–water partition coefficient (Wildman–Crippen LogP) is 2.59. The average Bonchev–Trinajstić information content (AvgIpc) is 3.23. The summed E-state index contributed by atoms with van der Waals surface area (Å²) in [6.45, 7) is 2.27. The maximum Gasteiger partial charge on any atom is 0.364 e. The minimum atomic E-state index is -4.47. The van der Waals surface area contributed by atoms with Gasteiger partial charge in [0.25, 0.3) is 6.04 Å². The van der Waals surface area contributed by atoms with Crippen molar-refractivity contribution >= 4 is 22.3 Å². The summed E-state index contributed by atoms with van der Waals surface area (Å²) in [5.74, 6) is -1.31. The molecule has 0 saturated carbocycles. The summed E-state index contributed by atoms with van der Waals surface area (Å²) in [6.07, 6.45) is 11.2. The molecule has 1 heterocycles. The van der Waals surface area contributed by atoms with E-state index in [1.165, 1.54) is 30.9 Å². The third-order valence-corrected chi connectivity index (χ3v) is 5.14. The molecule has 34 heavy (non-hydrogen) atoms. The number of unbranched alkanes of at least 4 members (excludes halogenated alkanes) is 5. The van der Waals surface area contributed by atoms with E-state index in [4.69, 9.17) is 4.74 Å². The monoisotopic (exact) mass is 498 g/mol. The molecule has 0 radical (unpaired) electrons. The van der Waals surface area contributed by atoms with E-state index in [1.54, 1.807) is 30.3 Å². The molecular formula is C23H34N2O8S. The van der Waals surface area contributed by atoms with Gasteiger partial charge < -0.3 is 14.0 Å². The fourth-order valence-corrected chi connectivity index (χ4v) is 3.25. The SMILES string of the molecule is CCCCCCCCOS(=O)(=O)[O-].COC(=O)C(C(=O)OCc1ccccc1)[n+]1ccn(C)c1. The number of nitrogens with zero attached hydrogens (tertiary/aromatic N) is 2. The lowest BCUT2D eigenvalue weighted by atomic mass is 10.1. The van der Waals surface area contributed by atoms with Crippen molar-refractivity contribution in [2.24, 2.45) is 7.05 Å². The van der Waals surface area contributed by atoms with E-state index in [9.17, 15) is 22.6 Å². The maximum atomic E-state index is 12.2. The van der Waals surface area contributed by atoms with Crippen LogP contribution in [-0.2, 0) is 47.3 Å². The Morgan fingerprint density at radius 1 is 1.06 bits per heavy atom. The van der Waals surface area contributed by atoms with E-state index >= 15 is 0 Å². The van der Waals surface area contributed by atoms with E-state index in [2.05, 4.69) is 15.8 Å². The Balaban J connectivity index is 0.000000385. The molecule has 2 rings (SSSR count). The van der Waals surface area contributed by atoms with E-state index in [0.717, 1.165) is 18.4 Å². The number of carbonyl (C=O) groups excluding carboxylic acids is 2. The number of imidazole rings is 1. The molecule has 1 atom stereocenters. The van der Waals surface area contributed by atoms with Crippen molar-refractivity contribution in [3.8, 4) is 0 Å². The van der Waals surface area contributed by atoms with Gasteiger partial charge in [0.2, 0.25) is 16.7 Å². The van der Waals surface area contributed by atoms with Crippen molar-refractivity contribution in [2.75, 3.05) is 13.7 Å². The molecule has 0 aliphatic carbocycles.